The molecule has 13 aromatic carbocycles. The van der Waals surface area contributed by atoms with Crippen LogP contribution in [0.25, 0.3) is 44.5 Å². The van der Waals surface area contributed by atoms with E-state index in [9.17, 15) is 0 Å². The Morgan fingerprint density at radius 1 is 0.0976 bits per heavy atom. The predicted molar refractivity (Wildman–Crippen MR) is 347 cm³/mol. The standard InChI is InChI=1S/C78H58N4/c1-7-19-59(20-8-1)60-31-33-61(34-32-60)62-35-37-63(38-36-62)64-39-47-73(48-40-64)82(78-57-53-76(54-58-78)80(69-25-13-4-14-26-69)70-27-15-5-16-28-70)74-49-43-66(44-50-74)65-41-45-72(46-42-65)81(71-29-17-6-18-30-71)77-55-51-75(52-56-77)79(67-21-9-2-10-22-67)68-23-11-3-12-24-68/h1-58H. The van der Waals surface area contributed by atoms with Gasteiger partial charge >= 0.3 is 0 Å². The van der Waals surface area contributed by atoms with Crippen LogP contribution < -0.4 is 19.6 Å². The van der Waals surface area contributed by atoms with Gasteiger partial charge in [0.2, 0.25) is 0 Å². The Hall–Kier alpha value is -10.9. The van der Waals surface area contributed by atoms with E-state index in [4.69, 9.17) is 0 Å². The van der Waals surface area contributed by atoms with Crippen molar-refractivity contribution in [3.05, 3.63) is 352 Å². The molecule has 0 saturated carbocycles. The second-order valence-electron chi connectivity index (χ2n) is 20.2. The minimum atomic E-state index is 1.05. The molecule has 0 amide bonds. The third kappa shape index (κ3) is 10.9. The Morgan fingerprint density at radius 2 is 0.207 bits per heavy atom. The van der Waals surface area contributed by atoms with Gasteiger partial charge in [-0.05, 0) is 190 Å². The first-order valence-corrected chi connectivity index (χ1v) is 27.9. The van der Waals surface area contributed by atoms with E-state index in [1.54, 1.807) is 0 Å². The average molecular weight is 1050 g/mol. The molecule has 0 aliphatic rings. The molecule has 0 unspecified atom stereocenters. The van der Waals surface area contributed by atoms with E-state index in [1.807, 2.05) is 0 Å². The van der Waals surface area contributed by atoms with Gasteiger partial charge in [0.1, 0.15) is 0 Å². The van der Waals surface area contributed by atoms with Gasteiger partial charge in [-0.3, -0.25) is 0 Å². The van der Waals surface area contributed by atoms with E-state index in [0.717, 1.165) is 84.9 Å². The van der Waals surface area contributed by atoms with E-state index >= 15 is 0 Å². The summed E-state index contributed by atoms with van der Waals surface area (Å²) in [5, 5.41) is 0. The summed E-state index contributed by atoms with van der Waals surface area (Å²) in [6.45, 7) is 0. The van der Waals surface area contributed by atoms with Gasteiger partial charge in [0.25, 0.3) is 0 Å². The fraction of sp³-hybridized carbons (Fsp3) is 0. The van der Waals surface area contributed by atoms with Crippen LogP contribution in [0, 0.1) is 0 Å². The third-order valence-electron chi connectivity index (χ3n) is 15.1. The normalized spacial score (nSPS) is 10.9. The van der Waals surface area contributed by atoms with Crippen molar-refractivity contribution in [3.8, 4) is 44.5 Å². The van der Waals surface area contributed by atoms with Crippen molar-refractivity contribution in [3.63, 3.8) is 0 Å². The van der Waals surface area contributed by atoms with Gasteiger partial charge in [-0.1, -0.05) is 206 Å². The molecule has 13 aromatic rings. The molecular weight excluding hydrogens is 993 g/mol. The quantitative estimate of drug-likeness (QED) is 0.0956. The fourth-order valence-electron chi connectivity index (χ4n) is 10.9. The minimum absolute atomic E-state index is 1.05. The molecule has 0 saturated heterocycles. The Bertz CT molecular complexity index is 4030. The zero-order chi connectivity index (χ0) is 54.9. The first-order chi connectivity index (χ1) is 40.7. The van der Waals surface area contributed by atoms with Gasteiger partial charge in [-0.15, -0.1) is 0 Å². The fourth-order valence-corrected chi connectivity index (χ4v) is 10.9. The molecule has 4 nitrogen and oxygen atoms in total. The van der Waals surface area contributed by atoms with Crippen molar-refractivity contribution >= 4 is 68.2 Å². The van der Waals surface area contributed by atoms with Gasteiger partial charge in [-0.25, -0.2) is 0 Å². The summed E-state index contributed by atoms with van der Waals surface area (Å²) in [5.41, 5.74) is 22.4. The van der Waals surface area contributed by atoms with Crippen LogP contribution in [0.15, 0.2) is 352 Å². The zero-order valence-corrected chi connectivity index (χ0v) is 45.3. The Labute approximate surface area is 481 Å². The Balaban J connectivity index is 0.795. The number of hydrogen-bond acceptors (Lipinski definition) is 4. The first kappa shape index (κ1) is 50.6. The Morgan fingerprint density at radius 3 is 0.378 bits per heavy atom. The monoisotopic (exact) mass is 1050 g/mol. The summed E-state index contributed by atoms with van der Waals surface area (Å²) in [5.74, 6) is 0. The number of benzene rings is 13. The molecule has 82 heavy (non-hydrogen) atoms. The molecule has 4 heteroatoms. The van der Waals surface area contributed by atoms with Crippen LogP contribution in [0.2, 0.25) is 0 Å². The minimum Gasteiger partial charge on any atom is -0.311 e. The van der Waals surface area contributed by atoms with Gasteiger partial charge in [-0.2, -0.15) is 0 Å². The van der Waals surface area contributed by atoms with Crippen molar-refractivity contribution in [2.45, 2.75) is 0 Å². The topological polar surface area (TPSA) is 13.0 Å². The van der Waals surface area contributed by atoms with Crippen LogP contribution >= 0.6 is 0 Å². The van der Waals surface area contributed by atoms with Crippen LogP contribution in [-0.2, 0) is 0 Å². The smallest absolute Gasteiger partial charge is 0.0463 e. The highest BCUT2D eigenvalue weighted by atomic mass is 15.2. The van der Waals surface area contributed by atoms with Crippen LogP contribution in [0.5, 0.6) is 0 Å². The van der Waals surface area contributed by atoms with Crippen molar-refractivity contribution < 1.29 is 0 Å². The molecule has 0 aliphatic heterocycles. The second kappa shape index (κ2) is 23.6. The number of anilines is 12. The van der Waals surface area contributed by atoms with E-state index in [0.29, 0.717) is 0 Å². The lowest BCUT2D eigenvalue weighted by molar-refractivity contribution is 1.25. The maximum absolute atomic E-state index is 2.35. The number of nitrogens with zero attached hydrogens (tertiary/aromatic N) is 4. The van der Waals surface area contributed by atoms with Crippen LogP contribution in [0.4, 0.5) is 68.2 Å². The average Bonchev–Trinajstić information content (AvgIpc) is 3.58. The summed E-state index contributed by atoms with van der Waals surface area (Å²) in [6, 6.07) is 126. The highest BCUT2D eigenvalue weighted by molar-refractivity contribution is 5.85. The molecule has 0 bridgehead atoms. The van der Waals surface area contributed by atoms with E-state index in [1.165, 1.54) is 27.8 Å². The lowest BCUT2D eigenvalue weighted by Crippen LogP contribution is -2.12. The molecule has 0 aliphatic carbocycles. The first-order valence-electron chi connectivity index (χ1n) is 27.9. The predicted octanol–water partition coefficient (Wildman–Crippen LogP) is 22.2. The molecule has 0 N–H and O–H groups in total. The van der Waals surface area contributed by atoms with Gasteiger partial charge < -0.3 is 19.6 Å². The lowest BCUT2D eigenvalue weighted by atomic mass is 9.98. The maximum Gasteiger partial charge on any atom is 0.0463 e. The zero-order valence-electron chi connectivity index (χ0n) is 45.3. The Kier molecular flexibility index (Phi) is 14.5. The summed E-state index contributed by atoms with van der Waals surface area (Å²) in [7, 11) is 0. The molecule has 390 valence electrons. The summed E-state index contributed by atoms with van der Waals surface area (Å²) in [6.07, 6.45) is 0. The number of para-hydroxylation sites is 5. The molecule has 0 spiro atoms. The van der Waals surface area contributed by atoms with Gasteiger partial charge in [0.15, 0.2) is 0 Å². The highest BCUT2D eigenvalue weighted by Gasteiger charge is 2.19. The molecular formula is C78H58N4. The second-order valence-corrected chi connectivity index (χ2v) is 20.2. The molecule has 0 fully saturated rings. The molecule has 13 rings (SSSR count). The molecule has 0 atom stereocenters. The van der Waals surface area contributed by atoms with Crippen LogP contribution in [0.1, 0.15) is 0 Å². The van der Waals surface area contributed by atoms with Gasteiger partial charge in [0, 0.05) is 68.2 Å². The van der Waals surface area contributed by atoms with Crippen LogP contribution in [-0.4, -0.2) is 0 Å². The van der Waals surface area contributed by atoms with E-state index < -0.39 is 0 Å². The highest BCUT2D eigenvalue weighted by Crippen LogP contribution is 2.43. The van der Waals surface area contributed by atoms with Crippen molar-refractivity contribution in [1.82, 2.24) is 0 Å². The molecule has 0 radical (unpaired) electrons. The number of hydrogen-bond donors (Lipinski definition) is 0. The maximum atomic E-state index is 2.35. The third-order valence-corrected chi connectivity index (χ3v) is 15.1. The lowest BCUT2D eigenvalue weighted by Gasteiger charge is -2.28. The molecule has 0 heterocycles. The molecule has 0 aromatic heterocycles. The van der Waals surface area contributed by atoms with Crippen molar-refractivity contribution in [2.75, 3.05) is 19.6 Å². The summed E-state index contributed by atoms with van der Waals surface area (Å²) in [4.78, 5) is 9.26. The van der Waals surface area contributed by atoms with Gasteiger partial charge in [0.05, 0.1) is 0 Å². The van der Waals surface area contributed by atoms with Crippen molar-refractivity contribution in [2.24, 2.45) is 0 Å². The SMILES string of the molecule is c1ccc(-c2ccc(-c3ccc(-c4ccc(N(c5ccc(-c6ccc(N(c7ccccc7)c7ccc(N(c8ccccc8)c8ccccc8)cc7)cc6)cc5)c5ccc(N(c6ccccc6)c6ccccc6)cc5)cc4)cc3)cc2)cc1. The number of rotatable bonds is 16. The summed E-state index contributed by atoms with van der Waals surface area (Å²) < 4.78 is 0. The van der Waals surface area contributed by atoms with E-state index in [2.05, 4.69) is 371 Å². The van der Waals surface area contributed by atoms with Crippen LogP contribution in [0.3, 0.4) is 0 Å². The summed E-state index contributed by atoms with van der Waals surface area (Å²) >= 11 is 0. The van der Waals surface area contributed by atoms with E-state index in [-0.39, 0.29) is 0 Å². The van der Waals surface area contributed by atoms with Crippen molar-refractivity contribution in [1.29, 1.82) is 0 Å². The largest absolute Gasteiger partial charge is 0.311 e.